The number of benzene rings is 4. The van der Waals surface area contributed by atoms with Gasteiger partial charge in [0.05, 0.1) is 21.9 Å². The number of carbonyl (C=O) groups is 4. The van der Waals surface area contributed by atoms with Crippen molar-refractivity contribution < 1.29 is 95.4 Å². The quantitative estimate of drug-likeness (QED) is 0.208. The zero-order chi connectivity index (χ0) is 49.8. The fraction of sp³-hybridized carbons (Fsp3) is 0.238. The van der Waals surface area contributed by atoms with Gasteiger partial charge in [0.25, 0.3) is 20.0 Å². The molecule has 2 heterocycles. The van der Waals surface area contributed by atoms with E-state index in [4.69, 9.17) is 50.1 Å². The fourth-order valence-corrected chi connectivity index (χ4v) is 7.42. The number of carboxylic acids is 4. The molecular formula is C42H48N8O12Rh2S2. The van der Waals surface area contributed by atoms with Gasteiger partial charge in [-0.25, -0.2) is 34.7 Å². The molecule has 0 saturated heterocycles. The second-order valence-corrected chi connectivity index (χ2v) is 15.9. The Hall–Kier alpha value is -6.57. The molecule has 0 aliphatic carbocycles. The molecule has 358 valence electrons. The molecule has 6 aromatic rings. The van der Waals surface area contributed by atoms with Gasteiger partial charge in [0.15, 0.2) is 0 Å². The van der Waals surface area contributed by atoms with E-state index in [1.165, 1.54) is 51.3 Å². The Kier molecular flexibility index (Phi) is 33.9. The van der Waals surface area contributed by atoms with Crippen molar-refractivity contribution in [1.82, 2.24) is 17.9 Å². The van der Waals surface area contributed by atoms with E-state index in [0.717, 1.165) is 57.8 Å². The van der Waals surface area contributed by atoms with Crippen LogP contribution in [0.3, 0.4) is 0 Å². The van der Waals surface area contributed by atoms with Crippen LogP contribution < -0.4 is 30.2 Å². The van der Waals surface area contributed by atoms with E-state index in [1.807, 2.05) is 86.5 Å². The zero-order valence-electron chi connectivity index (χ0n) is 37.4. The van der Waals surface area contributed by atoms with Crippen molar-refractivity contribution in [2.24, 2.45) is 0 Å². The van der Waals surface area contributed by atoms with Crippen molar-refractivity contribution in [3.8, 4) is 12.1 Å². The summed E-state index contributed by atoms with van der Waals surface area (Å²) in [4.78, 5) is 47.7. The first kappa shape index (κ1) is 66.0. The number of hydrogen-bond donors (Lipinski definition) is 0. The van der Waals surface area contributed by atoms with E-state index >= 15 is 0 Å². The molecule has 0 N–H and O–H groups in total. The third-order valence-electron chi connectivity index (χ3n) is 6.75. The topological polar surface area (TPSA) is 318 Å². The van der Waals surface area contributed by atoms with Gasteiger partial charge in [-0.05, 0) is 52.0 Å². The monoisotopic (exact) mass is 1130 g/mol. The van der Waals surface area contributed by atoms with Crippen LogP contribution in [0.5, 0.6) is 0 Å². The molecule has 0 fully saturated rings. The number of aromatic nitrogens is 4. The van der Waals surface area contributed by atoms with Gasteiger partial charge in [-0.15, -0.1) is 0 Å². The second-order valence-electron chi connectivity index (χ2n) is 12.3. The van der Waals surface area contributed by atoms with Crippen LogP contribution in [-0.4, -0.2) is 86.8 Å². The molecule has 0 amide bonds. The summed E-state index contributed by atoms with van der Waals surface area (Å²) in [6, 6.07) is 25.4. The normalized spacial score (nSPS) is 9.21. The molecule has 24 heteroatoms. The number of aliphatic carboxylic acids is 4. The number of nitrogens with zero attached hydrogens (tertiary/aromatic N) is 8. The minimum absolute atomic E-state index is 0. The fourth-order valence-electron chi connectivity index (χ4n) is 4.76. The van der Waals surface area contributed by atoms with Crippen molar-refractivity contribution in [3.63, 3.8) is 0 Å². The van der Waals surface area contributed by atoms with Crippen molar-refractivity contribution in [2.45, 2.75) is 51.3 Å². The van der Waals surface area contributed by atoms with Crippen LogP contribution in [0.1, 0.15) is 41.5 Å². The Balaban J connectivity index is -0.000000397. The molecule has 2 radical (unpaired) electrons. The van der Waals surface area contributed by atoms with Crippen LogP contribution in [0, 0.1) is 22.7 Å². The van der Waals surface area contributed by atoms with Crippen molar-refractivity contribution in [2.75, 3.05) is 38.0 Å². The SMILES string of the molecule is CC#N.CC#N.CC(=O)[O-].CC(=O)[O-].CC(=O)[O-].CC(=O)[O-].CN(C)c1cccc2c(S(=O)(=O)n3ccnc3)cccc12.CN(C)c1cccc2c(S(=O)(=O)n3ccnc3)cccc12.[Rh+2].[Rh+2]. The molecular weight excluding hydrogens is 1080 g/mol. The number of hydrogen-bond acceptors (Lipinski definition) is 18. The van der Waals surface area contributed by atoms with E-state index in [1.54, 1.807) is 36.4 Å². The minimum Gasteiger partial charge on any atom is -0.550 e. The molecule has 20 nitrogen and oxygen atoms in total. The van der Waals surface area contributed by atoms with Gasteiger partial charge < -0.3 is 49.4 Å². The molecule has 66 heavy (non-hydrogen) atoms. The average Bonchev–Trinajstić information content (AvgIpc) is 3.94. The predicted octanol–water partition coefficient (Wildman–Crippen LogP) is 0.758. The standard InChI is InChI=1S/2C15H15N3O2S.2C2H3N.4C2H4O2.2Rh/c2*1-17(2)14-7-3-6-13-12(14)5-4-8-15(13)21(19,20)18-10-9-16-11-18;2*1-2-3;4*1-2(3)4;;/h2*3-11H,1-2H3;2*1H3;4*1H3,(H,3,4);;/q;;;;;;;;2*+2/p-4. The third kappa shape index (κ3) is 23.9. The number of nitriles is 2. The van der Waals surface area contributed by atoms with Crippen LogP contribution >= 0.6 is 0 Å². The molecule has 0 unspecified atom stereocenters. The summed E-state index contributed by atoms with van der Waals surface area (Å²) >= 11 is 0. The Morgan fingerprint density at radius 3 is 0.955 bits per heavy atom. The molecule has 2 aromatic heterocycles. The Morgan fingerprint density at radius 1 is 0.515 bits per heavy atom. The van der Waals surface area contributed by atoms with Gasteiger partial charge >= 0.3 is 39.0 Å². The van der Waals surface area contributed by atoms with Gasteiger partial charge in [-0.1, -0.05) is 48.5 Å². The maximum Gasteiger partial charge on any atom is 2.00 e. The van der Waals surface area contributed by atoms with Crippen molar-refractivity contribution >= 4 is 76.8 Å². The predicted molar refractivity (Wildman–Crippen MR) is 231 cm³/mol. The van der Waals surface area contributed by atoms with Gasteiger partial charge in [-0.3, -0.25) is 0 Å². The van der Waals surface area contributed by atoms with Crippen molar-refractivity contribution in [3.05, 3.63) is 110 Å². The van der Waals surface area contributed by atoms with E-state index in [-0.39, 0.29) is 48.7 Å². The van der Waals surface area contributed by atoms with Gasteiger partial charge in [0.1, 0.15) is 12.7 Å². The van der Waals surface area contributed by atoms with E-state index in [2.05, 4.69) is 9.97 Å². The molecule has 0 bridgehead atoms. The molecule has 0 saturated carbocycles. The summed E-state index contributed by atoms with van der Waals surface area (Å²) < 4.78 is 53.1. The zero-order valence-corrected chi connectivity index (χ0v) is 42.3. The number of rotatable bonds is 6. The summed E-state index contributed by atoms with van der Waals surface area (Å²) in [7, 11) is 0.487. The maximum atomic E-state index is 12.7. The number of anilines is 2. The minimum atomic E-state index is -3.63. The average molecular weight is 1130 g/mol. The van der Waals surface area contributed by atoms with Gasteiger partial charge in [-0.2, -0.15) is 10.5 Å². The summed E-state index contributed by atoms with van der Waals surface area (Å²) in [5.74, 6) is -4.33. The van der Waals surface area contributed by atoms with Gasteiger partial charge in [0, 0.05) is 124 Å². The van der Waals surface area contributed by atoms with Crippen LogP contribution in [0.25, 0.3) is 21.5 Å². The van der Waals surface area contributed by atoms with E-state index in [9.17, 15) is 16.8 Å². The summed E-state index contributed by atoms with van der Waals surface area (Å²) in [5.41, 5.74) is 1.96. The number of carboxylic acid groups (broad SMARTS) is 4. The summed E-state index contributed by atoms with van der Waals surface area (Å²) in [6.45, 7) is 6.75. The largest absolute Gasteiger partial charge is 2.00 e. The summed E-state index contributed by atoms with van der Waals surface area (Å²) in [5, 5.41) is 53.4. The molecule has 4 aromatic carbocycles. The van der Waals surface area contributed by atoms with Crippen LogP contribution in [0.15, 0.2) is 120 Å². The number of fused-ring (bicyclic) bond motifs is 2. The van der Waals surface area contributed by atoms with Crippen LogP contribution in [-0.2, 0) is 78.2 Å². The molecule has 0 aliphatic rings. The Labute approximate surface area is 410 Å². The summed E-state index contributed by atoms with van der Waals surface area (Å²) in [6.07, 6.45) is 8.36. The van der Waals surface area contributed by atoms with E-state index < -0.39 is 43.9 Å². The second kappa shape index (κ2) is 33.9. The van der Waals surface area contributed by atoms with Crippen LogP contribution in [0.4, 0.5) is 11.4 Å². The Morgan fingerprint density at radius 2 is 0.742 bits per heavy atom. The number of carbonyl (C=O) groups excluding carboxylic acids is 4. The first-order valence-electron chi connectivity index (χ1n) is 18.0. The Bertz CT molecular complexity index is 2490. The van der Waals surface area contributed by atoms with Crippen molar-refractivity contribution in [1.29, 1.82) is 10.5 Å². The first-order chi connectivity index (χ1) is 29.8. The van der Waals surface area contributed by atoms with E-state index in [0.29, 0.717) is 10.8 Å². The molecule has 0 aliphatic heterocycles. The molecule has 0 spiro atoms. The van der Waals surface area contributed by atoms with Gasteiger partial charge in [0.2, 0.25) is 0 Å². The maximum absolute atomic E-state index is 12.7. The first-order valence-corrected chi connectivity index (χ1v) is 20.8. The number of imidazole rings is 2. The third-order valence-corrected chi connectivity index (χ3v) is 10.1. The van der Waals surface area contributed by atoms with Crippen LogP contribution in [0.2, 0.25) is 0 Å². The smallest absolute Gasteiger partial charge is 0.550 e. The molecule has 6 rings (SSSR count). The molecule has 0 atom stereocenters.